The van der Waals surface area contributed by atoms with Gasteiger partial charge in [-0.1, -0.05) is 36.4 Å². The summed E-state index contributed by atoms with van der Waals surface area (Å²) in [5.74, 6) is -0.00201. The number of aromatic amines is 1. The van der Waals surface area contributed by atoms with Gasteiger partial charge in [-0.2, -0.15) is 0 Å². The smallest absolute Gasteiger partial charge is 0.215 e. The number of nitrogens with zero attached hydrogens (tertiary/aromatic N) is 1. The van der Waals surface area contributed by atoms with Gasteiger partial charge in [0.05, 0.1) is 5.75 Å². The normalized spacial score (nSPS) is 12.1. The molecular formula is C20H25N3O2S. The van der Waals surface area contributed by atoms with Crippen molar-refractivity contribution in [2.45, 2.75) is 18.7 Å². The minimum atomic E-state index is -3.27. The molecule has 0 aliphatic carbocycles. The van der Waals surface area contributed by atoms with E-state index in [-0.39, 0.29) is 5.75 Å². The van der Waals surface area contributed by atoms with E-state index in [1.807, 2.05) is 30.5 Å². The first-order valence-corrected chi connectivity index (χ1v) is 10.3. The topological polar surface area (TPSA) is 65.2 Å². The fourth-order valence-electron chi connectivity index (χ4n) is 3.10. The maximum Gasteiger partial charge on any atom is 0.215 e. The first-order chi connectivity index (χ1) is 12.5. The number of H-pyrrole nitrogens is 1. The van der Waals surface area contributed by atoms with Crippen molar-refractivity contribution in [3.63, 3.8) is 0 Å². The number of fused-ring (bicyclic) bond motifs is 1. The summed E-state index contributed by atoms with van der Waals surface area (Å²) in [7, 11) is 0.295. The number of sulfonamides is 1. The number of rotatable bonds is 8. The van der Waals surface area contributed by atoms with Gasteiger partial charge in [-0.15, -0.1) is 0 Å². The highest BCUT2D eigenvalue weighted by atomic mass is 32.2. The molecule has 6 heteroatoms. The highest BCUT2D eigenvalue weighted by Gasteiger charge is 2.11. The summed E-state index contributed by atoms with van der Waals surface area (Å²) in [5.41, 5.74) is 4.35. The van der Waals surface area contributed by atoms with Crippen LogP contribution in [-0.4, -0.2) is 38.9 Å². The van der Waals surface area contributed by atoms with E-state index in [0.717, 1.165) is 36.0 Å². The van der Waals surface area contributed by atoms with Crippen molar-refractivity contribution in [3.8, 4) is 0 Å². The van der Waals surface area contributed by atoms with E-state index in [2.05, 4.69) is 45.9 Å². The van der Waals surface area contributed by atoms with Crippen LogP contribution in [0.25, 0.3) is 10.9 Å². The van der Waals surface area contributed by atoms with Gasteiger partial charge in [0.1, 0.15) is 0 Å². The second-order valence-corrected chi connectivity index (χ2v) is 8.56. The molecule has 0 unspecified atom stereocenters. The Balaban J connectivity index is 1.69. The van der Waals surface area contributed by atoms with Crippen LogP contribution >= 0.6 is 0 Å². The number of hydrogen-bond acceptors (Lipinski definition) is 3. The summed E-state index contributed by atoms with van der Waals surface area (Å²) in [4.78, 5) is 5.58. The predicted molar refractivity (Wildman–Crippen MR) is 106 cm³/mol. The zero-order chi connectivity index (χ0) is 18.6. The third-order valence-corrected chi connectivity index (χ3v) is 5.89. The maximum absolute atomic E-state index is 11.8. The average Bonchev–Trinajstić information content (AvgIpc) is 3.03. The van der Waals surface area contributed by atoms with E-state index >= 15 is 0 Å². The molecule has 1 aromatic heterocycles. The van der Waals surface area contributed by atoms with Gasteiger partial charge in [-0.25, -0.2) is 13.1 Å². The first-order valence-electron chi connectivity index (χ1n) is 8.69. The van der Waals surface area contributed by atoms with Crippen LogP contribution < -0.4 is 4.72 Å². The summed E-state index contributed by atoms with van der Waals surface area (Å²) in [5, 5.41) is 1.10. The van der Waals surface area contributed by atoms with Crippen LogP contribution in [0.15, 0.2) is 54.7 Å². The highest BCUT2D eigenvalue weighted by molar-refractivity contribution is 7.88. The molecule has 1 heterocycles. The van der Waals surface area contributed by atoms with E-state index in [1.165, 1.54) is 18.2 Å². The van der Waals surface area contributed by atoms with Crippen molar-refractivity contribution in [2.75, 3.05) is 20.6 Å². The molecule has 2 N–H and O–H groups in total. The summed E-state index contributed by atoms with van der Waals surface area (Å²) in [6.07, 6.45) is 2.93. The number of hydrogen-bond donors (Lipinski definition) is 2. The number of aromatic nitrogens is 1. The van der Waals surface area contributed by atoms with Crippen molar-refractivity contribution in [1.82, 2.24) is 14.6 Å². The second kappa shape index (κ2) is 8.03. The Hall–Kier alpha value is -2.15. The summed E-state index contributed by atoms with van der Waals surface area (Å²) in [6.45, 7) is 1.84. The fourth-order valence-corrected chi connectivity index (χ4v) is 3.86. The molecule has 138 valence electrons. The Bertz CT molecular complexity index is 965. The van der Waals surface area contributed by atoms with Crippen LogP contribution in [0.4, 0.5) is 0 Å². The zero-order valence-electron chi connectivity index (χ0n) is 15.2. The van der Waals surface area contributed by atoms with Gasteiger partial charge in [-0.3, -0.25) is 0 Å². The Morgan fingerprint density at radius 2 is 1.85 bits per heavy atom. The van der Waals surface area contributed by atoms with Gasteiger partial charge in [-0.05, 0) is 49.3 Å². The summed E-state index contributed by atoms with van der Waals surface area (Å²) < 4.78 is 25.9. The molecule has 0 aliphatic heterocycles. The molecule has 0 bridgehead atoms. The molecule has 0 aliphatic rings. The van der Waals surface area contributed by atoms with Gasteiger partial charge in [0.15, 0.2) is 0 Å². The van der Waals surface area contributed by atoms with E-state index in [0.29, 0.717) is 0 Å². The molecule has 0 saturated carbocycles. The Kier molecular flexibility index (Phi) is 5.76. The summed E-state index contributed by atoms with van der Waals surface area (Å²) >= 11 is 0. The standard InChI is InChI=1S/C20H25N3O2S/c1-21-26(24,25)15-17-8-9-20-19(12-17)18(13-22-20)10-11-23(2)14-16-6-4-3-5-7-16/h3-9,12-13,21-22H,10-11,14-15H2,1-2H3. The number of likely N-dealkylation sites (N-methyl/N-ethyl adjacent to an activating group) is 1. The highest BCUT2D eigenvalue weighted by Crippen LogP contribution is 2.21. The molecule has 5 nitrogen and oxygen atoms in total. The minimum absolute atomic E-state index is 0.00201. The average molecular weight is 372 g/mol. The molecular weight excluding hydrogens is 346 g/mol. The van der Waals surface area contributed by atoms with Gasteiger partial charge in [0.25, 0.3) is 0 Å². The van der Waals surface area contributed by atoms with E-state index in [4.69, 9.17) is 0 Å². The van der Waals surface area contributed by atoms with Crippen molar-refractivity contribution in [1.29, 1.82) is 0 Å². The maximum atomic E-state index is 11.8. The summed E-state index contributed by atoms with van der Waals surface area (Å²) in [6, 6.07) is 16.2. The van der Waals surface area contributed by atoms with Crippen LogP contribution in [0.5, 0.6) is 0 Å². The molecule has 2 aromatic carbocycles. The molecule has 0 fully saturated rings. The SMILES string of the molecule is CNS(=O)(=O)Cc1ccc2[nH]cc(CCN(C)Cc3ccccc3)c2c1. The van der Waals surface area contributed by atoms with Crippen molar-refractivity contribution < 1.29 is 8.42 Å². The second-order valence-electron chi connectivity index (χ2n) is 6.63. The number of nitrogens with one attached hydrogen (secondary N) is 2. The van der Waals surface area contributed by atoms with Gasteiger partial charge in [0, 0.05) is 30.2 Å². The molecule has 26 heavy (non-hydrogen) atoms. The van der Waals surface area contributed by atoms with Crippen molar-refractivity contribution in [2.24, 2.45) is 0 Å². The minimum Gasteiger partial charge on any atom is -0.361 e. The lowest BCUT2D eigenvalue weighted by atomic mass is 10.1. The number of benzene rings is 2. The van der Waals surface area contributed by atoms with E-state index in [1.54, 1.807) is 0 Å². The molecule has 0 saturated heterocycles. The van der Waals surface area contributed by atoms with Crippen LogP contribution in [0.1, 0.15) is 16.7 Å². The first kappa shape index (κ1) is 18.6. The van der Waals surface area contributed by atoms with Crippen LogP contribution in [0.2, 0.25) is 0 Å². The monoisotopic (exact) mass is 371 g/mol. The molecule has 0 atom stereocenters. The van der Waals surface area contributed by atoms with Gasteiger partial charge < -0.3 is 9.88 Å². The molecule has 3 aromatic rings. The lowest BCUT2D eigenvalue weighted by Crippen LogP contribution is -2.20. The molecule has 0 radical (unpaired) electrons. The van der Waals surface area contributed by atoms with E-state index in [9.17, 15) is 8.42 Å². The lowest BCUT2D eigenvalue weighted by molar-refractivity contribution is 0.331. The molecule has 0 spiro atoms. The van der Waals surface area contributed by atoms with Gasteiger partial charge in [0.2, 0.25) is 10.0 Å². The zero-order valence-corrected chi connectivity index (χ0v) is 16.0. The van der Waals surface area contributed by atoms with Crippen LogP contribution in [-0.2, 0) is 28.7 Å². The quantitative estimate of drug-likeness (QED) is 0.640. The third kappa shape index (κ3) is 4.72. The van der Waals surface area contributed by atoms with Crippen molar-refractivity contribution >= 4 is 20.9 Å². The Morgan fingerprint density at radius 1 is 1.08 bits per heavy atom. The molecule has 3 rings (SSSR count). The fraction of sp³-hybridized carbons (Fsp3) is 0.300. The van der Waals surface area contributed by atoms with Gasteiger partial charge >= 0.3 is 0 Å². The van der Waals surface area contributed by atoms with E-state index < -0.39 is 10.0 Å². The predicted octanol–water partition coefficient (Wildman–Crippen LogP) is 2.89. The molecule has 0 amide bonds. The largest absolute Gasteiger partial charge is 0.361 e. The Morgan fingerprint density at radius 3 is 2.58 bits per heavy atom. The Labute approximate surface area is 155 Å². The van der Waals surface area contributed by atoms with Crippen LogP contribution in [0.3, 0.4) is 0 Å². The lowest BCUT2D eigenvalue weighted by Gasteiger charge is -2.16. The van der Waals surface area contributed by atoms with Crippen LogP contribution in [0, 0.1) is 0 Å². The third-order valence-electron chi connectivity index (χ3n) is 4.56. The van der Waals surface area contributed by atoms with Crippen molar-refractivity contribution in [3.05, 3.63) is 71.4 Å².